The minimum atomic E-state index is -4.81. The Balaban J connectivity index is 1.95. The van der Waals surface area contributed by atoms with Crippen LogP contribution in [0.5, 0.6) is 0 Å². The molecule has 4 N–H and O–H groups in total. The van der Waals surface area contributed by atoms with Gasteiger partial charge in [0.05, 0.1) is 18.4 Å². The van der Waals surface area contributed by atoms with Gasteiger partial charge in [0.2, 0.25) is 11.7 Å². The predicted octanol–water partition coefficient (Wildman–Crippen LogP) is 2.31. The molecule has 1 aliphatic rings. The number of carbonyl (C=O) groups is 1. The van der Waals surface area contributed by atoms with E-state index in [1.807, 2.05) is 13.0 Å². The van der Waals surface area contributed by atoms with E-state index in [0.29, 0.717) is 15.5 Å². The Hall–Kier alpha value is -2.76. The van der Waals surface area contributed by atoms with E-state index < -0.39 is 17.9 Å². The Morgan fingerprint density at radius 2 is 2.07 bits per heavy atom. The maximum atomic E-state index is 12.8. The maximum absolute atomic E-state index is 12.8. The van der Waals surface area contributed by atoms with Gasteiger partial charge in [-0.15, -0.1) is 11.3 Å². The molecular formula is C17H20F3N7OS. The highest BCUT2D eigenvalue weighted by Crippen LogP contribution is 2.33. The van der Waals surface area contributed by atoms with Crippen LogP contribution in [0.4, 0.5) is 19.0 Å². The number of nitrogens with one attached hydrogen (secondary N) is 2. The van der Waals surface area contributed by atoms with Crippen LogP contribution in [0.2, 0.25) is 0 Å². The molecule has 29 heavy (non-hydrogen) atoms. The van der Waals surface area contributed by atoms with Gasteiger partial charge in [-0.2, -0.15) is 13.2 Å². The van der Waals surface area contributed by atoms with Crippen molar-refractivity contribution in [3.8, 4) is 0 Å². The molecule has 0 spiro atoms. The number of aryl methyl sites for hydroxylation is 1. The van der Waals surface area contributed by atoms with Crippen molar-refractivity contribution in [3.63, 3.8) is 0 Å². The average Bonchev–Trinajstić information content (AvgIpc) is 3.01. The third-order valence-corrected chi connectivity index (χ3v) is 5.49. The lowest BCUT2D eigenvalue weighted by Crippen LogP contribution is -2.55. The number of amides is 1. The highest BCUT2D eigenvalue weighted by Gasteiger charge is 2.41. The molecule has 1 aliphatic heterocycles. The molecule has 1 amide bonds. The molecule has 0 saturated carbocycles. The fraction of sp³-hybridized carbons (Fsp3) is 0.471. The molecule has 0 atom stereocenters. The van der Waals surface area contributed by atoms with Gasteiger partial charge >= 0.3 is 6.18 Å². The summed E-state index contributed by atoms with van der Waals surface area (Å²) in [6.45, 7) is 1.88. The summed E-state index contributed by atoms with van der Waals surface area (Å²) in [6.07, 6.45) is -3.18. The van der Waals surface area contributed by atoms with Gasteiger partial charge in [-0.25, -0.2) is 9.97 Å². The van der Waals surface area contributed by atoms with E-state index >= 15 is 0 Å². The quantitative estimate of drug-likeness (QED) is 0.499. The van der Waals surface area contributed by atoms with Crippen molar-refractivity contribution in [3.05, 3.63) is 16.8 Å². The number of anilines is 1. The van der Waals surface area contributed by atoms with Crippen LogP contribution in [0.3, 0.4) is 0 Å². The number of nitrogens with two attached hydrogens (primary N) is 1. The number of piperazine rings is 1. The van der Waals surface area contributed by atoms with Crippen molar-refractivity contribution in [2.75, 3.05) is 24.5 Å². The number of amidine groups is 2. The van der Waals surface area contributed by atoms with Crippen LogP contribution in [-0.2, 0) is 17.6 Å². The molecule has 156 valence electrons. The molecule has 0 unspecified atom stereocenters. The lowest BCUT2D eigenvalue weighted by atomic mass is 10.2. The fourth-order valence-electron chi connectivity index (χ4n) is 3.13. The van der Waals surface area contributed by atoms with Crippen LogP contribution in [0.25, 0.3) is 10.2 Å². The first-order valence-electron chi connectivity index (χ1n) is 8.93. The molecule has 0 radical (unpaired) electrons. The van der Waals surface area contributed by atoms with Gasteiger partial charge in [0.25, 0.3) is 0 Å². The summed E-state index contributed by atoms with van der Waals surface area (Å²) in [5, 5.41) is 16.0. The van der Waals surface area contributed by atoms with Crippen molar-refractivity contribution in [1.82, 2.24) is 14.9 Å². The first-order valence-corrected chi connectivity index (χ1v) is 9.75. The topological polar surface area (TPSA) is 123 Å². The largest absolute Gasteiger partial charge is 0.449 e. The van der Waals surface area contributed by atoms with E-state index in [4.69, 9.17) is 16.6 Å². The van der Waals surface area contributed by atoms with Crippen LogP contribution in [0.1, 0.15) is 24.0 Å². The molecule has 3 heterocycles. The Morgan fingerprint density at radius 1 is 1.34 bits per heavy atom. The molecule has 0 aliphatic carbocycles. The Morgan fingerprint density at radius 3 is 2.66 bits per heavy atom. The Kier molecular flexibility index (Phi) is 5.73. The molecule has 8 nitrogen and oxygen atoms in total. The zero-order valence-corrected chi connectivity index (χ0v) is 16.5. The van der Waals surface area contributed by atoms with Crippen LogP contribution >= 0.6 is 11.3 Å². The number of primary amides is 1. The number of halogens is 3. The van der Waals surface area contributed by atoms with Crippen molar-refractivity contribution < 1.29 is 18.0 Å². The number of carbonyl (C=O) groups excluding carboxylic acids is 1. The lowest BCUT2D eigenvalue weighted by molar-refractivity contribution is -0.117. The van der Waals surface area contributed by atoms with Gasteiger partial charge in [0.15, 0.2) is 0 Å². The SMILES string of the molecule is CCCc1cc2c(N3CCN(C(=N)C(F)(F)F)C(=N)C3)nc(CC(N)=O)nc2s1. The van der Waals surface area contributed by atoms with E-state index in [2.05, 4.69) is 9.97 Å². The van der Waals surface area contributed by atoms with E-state index in [-0.39, 0.29) is 37.7 Å². The number of thiophene rings is 1. The van der Waals surface area contributed by atoms with Crippen molar-refractivity contribution in [1.29, 1.82) is 10.8 Å². The third-order valence-electron chi connectivity index (χ3n) is 4.40. The number of hydrogen-bond donors (Lipinski definition) is 3. The molecule has 2 aromatic rings. The van der Waals surface area contributed by atoms with Crippen LogP contribution < -0.4 is 10.6 Å². The first kappa shape index (κ1) is 21.0. The molecule has 0 bridgehead atoms. The monoisotopic (exact) mass is 427 g/mol. The highest BCUT2D eigenvalue weighted by molar-refractivity contribution is 7.18. The van der Waals surface area contributed by atoms with Gasteiger partial charge < -0.3 is 15.5 Å². The zero-order valence-electron chi connectivity index (χ0n) is 15.6. The second kappa shape index (κ2) is 7.93. The summed E-state index contributed by atoms with van der Waals surface area (Å²) in [4.78, 5) is 24.2. The molecule has 2 aromatic heterocycles. The summed E-state index contributed by atoms with van der Waals surface area (Å²) in [7, 11) is 0. The minimum Gasteiger partial charge on any atom is -0.369 e. The van der Waals surface area contributed by atoms with Crippen molar-refractivity contribution in [2.45, 2.75) is 32.4 Å². The highest BCUT2D eigenvalue weighted by atomic mass is 32.1. The van der Waals surface area contributed by atoms with Crippen molar-refractivity contribution in [2.24, 2.45) is 5.73 Å². The number of nitrogens with zero attached hydrogens (tertiary/aromatic N) is 4. The molecule has 1 saturated heterocycles. The number of fused-ring (bicyclic) bond motifs is 1. The number of aromatic nitrogens is 2. The summed E-state index contributed by atoms with van der Waals surface area (Å²) in [6, 6.07) is 1.95. The van der Waals surface area contributed by atoms with Crippen molar-refractivity contribution >= 4 is 44.9 Å². The maximum Gasteiger partial charge on any atom is 0.449 e. The molecular weight excluding hydrogens is 407 g/mol. The Bertz CT molecular complexity index is 972. The number of hydrogen-bond acceptors (Lipinski definition) is 7. The summed E-state index contributed by atoms with van der Waals surface area (Å²) < 4.78 is 38.5. The van der Waals surface area contributed by atoms with Gasteiger partial charge in [-0.05, 0) is 12.5 Å². The smallest absolute Gasteiger partial charge is 0.369 e. The van der Waals surface area contributed by atoms with Crippen LogP contribution in [0, 0.1) is 10.8 Å². The lowest BCUT2D eigenvalue weighted by Gasteiger charge is -2.37. The second-order valence-corrected chi connectivity index (χ2v) is 7.77. The predicted molar refractivity (Wildman–Crippen MR) is 105 cm³/mol. The van der Waals surface area contributed by atoms with Crippen LogP contribution in [-0.4, -0.2) is 58.3 Å². The van der Waals surface area contributed by atoms with E-state index in [0.717, 1.165) is 23.1 Å². The minimum absolute atomic E-state index is 0.139. The number of rotatable bonds is 5. The van der Waals surface area contributed by atoms with Gasteiger partial charge in [0, 0.05) is 18.0 Å². The second-order valence-electron chi connectivity index (χ2n) is 6.65. The van der Waals surface area contributed by atoms with Gasteiger partial charge in [-0.3, -0.25) is 15.6 Å². The fourth-order valence-corrected chi connectivity index (χ4v) is 4.27. The molecule has 3 rings (SSSR count). The van der Waals surface area contributed by atoms with E-state index in [1.54, 1.807) is 4.90 Å². The third kappa shape index (κ3) is 4.47. The Labute approximate surface area is 168 Å². The first-order chi connectivity index (χ1) is 13.6. The van der Waals surface area contributed by atoms with E-state index in [9.17, 15) is 18.0 Å². The normalized spacial score (nSPS) is 15.2. The number of alkyl halides is 3. The molecule has 0 aromatic carbocycles. The van der Waals surface area contributed by atoms with Gasteiger partial charge in [0.1, 0.15) is 22.3 Å². The summed E-state index contributed by atoms with van der Waals surface area (Å²) in [5.74, 6) is -1.78. The zero-order chi connectivity index (χ0) is 21.3. The standard InChI is InChI=1S/C17H20F3N7OS/c1-2-3-9-6-10-14(24-13(7-12(22)28)25-15(10)29-9)26-4-5-27(11(21)8-26)16(23)17(18,19)20/h6,21,23H,2-5,7-8H2,1H3,(H2,22,28). The summed E-state index contributed by atoms with van der Waals surface area (Å²) in [5.41, 5.74) is 5.26. The summed E-state index contributed by atoms with van der Waals surface area (Å²) >= 11 is 1.47. The molecule has 1 fully saturated rings. The van der Waals surface area contributed by atoms with E-state index in [1.165, 1.54) is 11.3 Å². The van der Waals surface area contributed by atoms with Gasteiger partial charge in [-0.1, -0.05) is 13.3 Å². The average molecular weight is 427 g/mol. The molecule has 12 heteroatoms. The van der Waals surface area contributed by atoms with Crippen LogP contribution in [0.15, 0.2) is 6.07 Å².